The second kappa shape index (κ2) is 10.8. The molecule has 0 saturated carbocycles. The lowest BCUT2D eigenvalue weighted by molar-refractivity contribution is -0.123. The van der Waals surface area contributed by atoms with Gasteiger partial charge < -0.3 is 0 Å². The van der Waals surface area contributed by atoms with Crippen LogP contribution in [0.1, 0.15) is 12.8 Å². The van der Waals surface area contributed by atoms with Crippen LogP contribution in [-0.2, 0) is 20.4 Å². The van der Waals surface area contributed by atoms with Crippen molar-refractivity contribution < 1.29 is 24.2 Å². The molecule has 0 fully saturated rings. The molecule has 150 valence electrons. The Morgan fingerprint density at radius 3 is 1.39 bits per heavy atom. The lowest BCUT2D eigenvalue weighted by Gasteiger charge is -2.16. The molecule has 0 aliphatic heterocycles. The van der Waals surface area contributed by atoms with Crippen LogP contribution in [0.3, 0.4) is 0 Å². The minimum atomic E-state index is -1.45. The highest BCUT2D eigenvalue weighted by Gasteiger charge is 2.17. The van der Waals surface area contributed by atoms with Gasteiger partial charge in [0.15, 0.2) is 0 Å². The van der Waals surface area contributed by atoms with Gasteiger partial charge >= 0.3 is 0 Å². The first-order valence-electron chi connectivity index (χ1n) is 8.17. The van der Waals surface area contributed by atoms with E-state index in [0.29, 0.717) is 21.5 Å². The van der Waals surface area contributed by atoms with Crippen LogP contribution < -0.4 is 10.1 Å². The Labute approximate surface area is 181 Å². The van der Waals surface area contributed by atoms with Crippen LogP contribution in [0.4, 0.5) is 11.4 Å². The van der Waals surface area contributed by atoms with Gasteiger partial charge in [0.2, 0.25) is 0 Å². The zero-order valence-corrected chi connectivity index (χ0v) is 18.6. The van der Waals surface area contributed by atoms with Crippen LogP contribution in [0.5, 0.6) is 0 Å². The molecule has 0 heterocycles. The van der Waals surface area contributed by atoms with E-state index in [0.717, 1.165) is 8.95 Å². The zero-order chi connectivity index (χ0) is 20.7. The van der Waals surface area contributed by atoms with Gasteiger partial charge in [-0.1, -0.05) is 31.9 Å². The molecule has 2 amide bonds. The predicted octanol–water partition coefficient (Wildman–Crippen LogP) is 3.89. The van der Waals surface area contributed by atoms with Crippen LogP contribution in [-0.4, -0.2) is 37.9 Å². The standard InChI is InChI=1S/C18H18Br2N2O5S/c19-13-1-5-15(6-2-13)21(25)17(23)9-11-28(27)12-10-18(24)22(26)16-7-3-14(20)4-8-16/h1-8,25-26H,9-12H2. The summed E-state index contributed by atoms with van der Waals surface area (Å²) >= 11 is 6.52. The van der Waals surface area contributed by atoms with Crippen molar-refractivity contribution in [3.63, 3.8) is 0 Å². The molecule has 0 spiro atoms. The van der Waals surface area contributed by atoms with E-state index in [4.69, 9.17) is 0 Å². The summed E-state index contributed by atoms with van der Waals surface area (Å²) in [7, 11) is -1.45. The van der Waals surface area contributed by atoms with Gasteiger partial charge in [-0.3, -0.25) is 24.2 Å². The molecule has 10 heteroatoms. The van der Waals surface area contributed by atoms with E-state index in [9.17, 15) is 24.2 Å². The van der Waals surface area contributed by atoms with E-state index in [2.05, 4.69) is 31.9 Å². The molecular formula is C18H18Br2N2O5S. The van der Waals surface area contributed by atoms with E-state index >= 15 is 0 Å². The van der Waals surface area contributed by atoms with E-state index in [1.807, 2.05) is 0 Å². The fraction of sp³-hybridized carbons (Fsp3) is 0.222. The summed E-state index contributed by atoms with van der Waals surface area (Å²) in [6.45, 7) is 0. The van der Waals surface area contributed by atoms with Crippen LogP contribution in [0.15, 0.2) is 57.5 Å². The van der Waals surface area contributed by atoms with Crippen LogP contribution in [0, 0.1) is 0 Å². The number of halogens is 2. The Morgan fingerprint density at radius 1 is 0.750 bits per heavy atom. The highest BCUT2D eigenvalue weighted by atomic mass is 79.9. The van der Waals surface area contributed by atoms with Gasteiger partial charge in [-0.05, 0) is 48.5 Å². The van der Waals surface area contributed by atoms with Crippen molar-refractivity contribution in [3.8, 4) is 0 Å². The highest BCUT2D eigenvalue weighted by Crippen LogP contribution is 2.19. The Balaban J connectivity index is 1.77. The quantitative estimate of drug-likeness (QED) is 0.396. The minimum absolute atomic E-state index is 0.00339. The zero-order valence-electron chi connectivity index (χ0n) is 14.6. The third kappa shape index (κ3) is 6.78. The summed E-state index contributed by atoms with van der Waals surface area (Å²) in [5.41, 5.74) is 0.610. The van der Waals surface area contributed by atoms with Crippen LogP contribution in [0.2, 0.25) is 0 Å². The minimum Gasteiger partial charge on any atom is -0.281 e. The van der Waals surface area contributed by atoms with Crippen molar-refractivity contribution in [1.82, 2.24) is 0 Å². The summed E-state index contributed by atoms with van der Waals surface area (Å²) in [4.78, 5) is 24.0. The fourth-order valence-electron chi connectivity index (χ4n) is 2.17. The van der Waals surface area contributed by atoms with Crippen molar-refractivity contribution in [2.75, 3.05) is 21.6 Å². The number of anilines is 2. The second-order valence-electron chi connectivity index (χ2n) is 5.71. The Morgan fingerprint density at radius 2 is 1.07 bits per heavy atom. The van der Waals surface area contributed by atoms with Gasteiger partial charge in [0.05, 0.1) is 11.4 Å². The Kier molecular flexibility index (Phi) is 8.77. The summed E-state index contributed by atoms with van der Waals surface area (Å²) in [5, 5.41) is 20.8. The van der Waals surface area contributed by atoms with Crippen molar-refractivity contribution >= 4 is 65.8 Å². The average Bonchev–Trinajstić information content (AvgIpc) is 2.70. The second-order valence-corrected chi connectivity index (χ2v) is 9.24. The molecule has 0 saturated heterocycles. The van der Waals surface area contributed by atoms with Gasteiger partial charge in [-0.15, -0.1) is 0 Å². The van der Waals surface area contributed by atoms with Crippen molar-refractivity contribution in [1.29, 1.82) is 0 Å². The number of nitrogens with zero attached hydrogens (tertiary/aromatic N) is 2. The molecule has 0 unspecified atom stereocenters. The summed E-state index contributed by atoms with van der Waals surface area (Å²) < 4.78 is 13.7. The van der Waals surface area contributed by atoms with Gasteiger partial charge in [-0.2, -0.15) is 10.1 Å². The van der Waals surface area contributed by atoms with E-state index in [-0.39, 0.29) is 24.3 Å². The van der Waals surface area contributed by atoms with E-state index in [1.54, 1.807) is 48.5 Å². The maximum atomic E-state index is 12.1. The molecule has 0 aromatic heterocycles. The lowest BCUT2D eigenvalue weighted by Crippen LogP contribution is -2.29. The maximum Gasteiger partial charge on any atom is 0.251 e. The lowest BCUT2D eigenvalue weighted by atomic mass is 10.3. The molecule has 2 aromatic carbocycles. The molecule has 28 heavy (non-hydrogen) atoms. The number of carbonyl (C=O) groups excluding carboxylic acids is 2. The molecule has 2 N–H and O–H groups in total. The smallest absolute Gasteiger partial charge is 0.251 e. The van der Waals surface area contributed by atoms with Crippen LogP contribution in [0.25, 0.3) is 0 Å². The SMILES string of the molecule is O=C(CCS(=O)CCC(=O)N(O)c1ccc(Br)cc1)N(O)c1ccc(Br)cc1. The van der Waals surface area contributed by atoms with Gasteiger partial charge in [-0.25, -0.2) is 0 Å². The summed E-state index contributed by atoms with van der Waals surface area (Å²) in [6, 6.07) is 13.0. The normalized spacial score (nSPS) is 10.8. The number of rotatable bonds is 8. The summed E-state index contributed by atoms with van der Waals surface area (Å²) in [5.74, 6) is -1.19. The van der Waals surface area contributed by atoms with Gasteiger partial charge in [0.1, 0.15) is 0 Å². The highest BCUT2D eigenvalue weighted by molar-refractivity contribution is 9.10. The molecule has 0 aliphatic rings. The maximum absolute atomic E-state index is 12.1. The largest absolute Gasteiger partial charge is 0.281 e. The van der Waals surface area contributed by atoms with E-state index in [1.165, 1.54) is 0 Å². The third-order valence-electron chi connectivity index (χ3n) is 3.70. The topological polar surface area (TPSA) is 98.2 Å². The predicted molar refractivity (Wildman–Crippen MR) is 114 cm³/mol. The van der Waals surface area contributed by atoms with Crippen molar-refractivity contribution in [2.24, 2.45) is 0 Å². The number of hydrogen-bond donors (Lipinski definition) is 2. The third-order valence-corrected chi connectivity index (χ3v) is 6.08. The molecule has 2 rings (SSSR count). The van der Waals surface area contributed by atoms with Crippen LogP contribution >= 0.6 is 31.9 Å². The van der Waals surface area contributed by atoms with Gasteiger partial charge in [0.25, 0.3) is 11.8 Å². The van der Waals surface area contributed by atoms with E-state index < -0.39 is 22.6 Å². The molecular weight excluding hydrogens is 516 g/mol. The Hall–Kier alpha value is -1.59. The summed E-state index contributed by atoms with van der Waals surface area (Å²) in [6.07, 6.45) is -0.272. The molecule has 2 aromatic rings. The number of carbonyl (C=O) groups is 2. The molecule has 0 aliphatic carbocycles. The number of hydroxylamine groups is 2. The number of benzene rings is 2. The average molecular weight is 534 g/mol. The monoisotopic (exact) mass is 532 g/mol. The van der Waals surface area contributed by atoms with Crippen molar-refractivity contribution in [3.05, 3.63) is 57.5 Å². The molecule has 0 atom stereocenters. The Bertz CT molecular complexity index is 777. The first-order valence-corrected chi connectivity index (χ1v) is 11.2. The van der Waals surface area contributed by atoms with Gasteiger partial charge in [0, 0.05) is 44.1 Å². The first-order chi connectivity index (χ1) is 13.3. The molecule has 0 radical (unpaired) electrons. The van der Waals surface area contributed by atoms with Crippen molar-refractivity contribution in [2.45, 2.75) is 12.8 Å². The molecule has 0 bridgehead atoms. The molecule has 7 nitrogen and oxygen atoms in total. The fourth-order valence-corrected chi connectivity index (χ4v) is 3.71. The number of amides is 2. The first kappa shape index (κ1) is 22.7. The number of hydrogen-bond acceptors (Lipinski definition) is 5.